The van der Waals surface area contributed by atoms with Gasteiger partial charge in [0, 0.05) is 5.69 Å². The lowest BCUT2D eigenvalue weighted by Crippen LogP contribution is -2.30. The largest absolute Gasteiger partial charge is 0.489 e. The van der Waals surface area contributed by atoms with Crippen LogP contribution in [0.2, 0.25) is 0 Å². The molecule has 1 aromatic heterocycles. The summed E-state index contributed by atoms with van der Waals surface area (Å²) >= 11 is 0. The van der Waals surface area contributed by atoms with Gasteiger partial charge in [0.25, 0.3) is 5.91 Å². The molecule has 3 rings (SSSR count). The van der Waals surface area contributed by atoms with E-state index in [1.54, 1.807) is 31.2 Å². The Bertz CT molecular complexity index is 931. The van der Waals surface area contributed by atoms with Crippen molar-refractivity contribution in [2.45, 2.75) is 26.6 Å². The van der Waals surface area contributed by atoms with Crippen LogP contribution in [-0.2, 0) is 16.1 Å². The van der Waals surface area contributed by atoms with Gasteiger partial charge in [-0.05, 0) is 49.7 Å². The van der Waals surface area contributed by atoms with Crippen LogP contribution < -0.4 is 10.1 Å². The van der Waals surface area contributed by atoms with Crippen molar-refractivity contribution in [2.24, 2.45) is 0 Å². The van der Waals surface area contributed by atoms with Gasteiger partial charge in [-0.1, -0.05) is 30.3 Å². The molecule has 0 fully saturated rings. The molecule has 0 bridgehead atoms. The summed E-state index contributed by atoms with van der Waals surface area (Å²) in [6, 6.07) is 18.4. The molecule has 1 atom stereocenters. The van der Waals surface area contributed by atoms with E-state index in [1.807, 2.05) is 30.3 Å². The van der Waals surface area contributed by atoms with E-state index < -0.39 is 18.0 Å². The van der Waals surface area contributed by atoms with Gasteiger partial charge in [-0.25, -0.2) is 4.79 Å². The van der Waals surface area contributed by atoms with Crippen molar-refractivity contribution in [1.29, 1.82) is 0 Å². The number of carbonyl (C=O) groups excluding carboxylic acids is 2. The lowest BCUT2D eigenvalue weighted by molar-refractivity contribution is -0.123. The molecule has 0 spiro atoms. The van der Waals surface area contributed by atoms with E-state index in [4.69, 9.17) is 13.9 Å². The molecule has 0 aliphatic heterocycles. The van der Waals surface area contributed by atoms with E-state index >= 15 is 0 Å². The van der Waals surface area contributed by atoms with Crippen LogP contribution in [-0.4, -0.2) is 18.0 Å². The third-order valence-electron chi connectivity index (χ3n) is 4.10. The van der Waals surface area contributed by atoms with Crippen molar-refractivity contribution < 1.29 is 23.5 Å². The van der Waals surface area contributed by atoms with Crippen LogP contribution in [0.3, 0.4) is 0 Å². The Kier molecular flexibility index (Phi) is 6.11. The zero-order valence-electron chi connectivity index (χ0n) is 15.7. The van der Waals surface area contributed by atoms with E-state index in [0.29, 0.717) is 29.4 Å². The minimum absolute atomic E-state index is 0.305. The number of aryl methyl sites for hydroxylation is 1. The van der Waals surface area contributed by atoms with Gasteiger partial charge in [-0.3, -0.25) is 4.79 Å². The summed E-state index contributed by atoms with van der Waals surface area (Å²) in [4.78, 5) is 24.3. The molecule has 0 unspecified atom stereocenters. The van der Waals surface area contributed by atoms with Crippen molar-refractivity contribution in [3.8, 4) is 5.75 Å². The number of furan rings is 1. The van der Waals surface area contributed by atoms with Gasteiger partial charge in [0.15, 0.2) is 6.10 Å². The predicted octanol–water partition coefficient (Wildman–Crippen LogP) is 4.35. The van der Waals surface area contributed by atoms with Crippen LogP contribution in [0.4, 0.5) is 5.69 Å². The number of benzene rings is 2. The molecule has 1 heterocycles. The molecule has 2 aromatic carbocycles. The number of ether oxygens (including phenoxy) is 2. The lowest BCUT2D eigenvalue weighted by Gasteiger charge is -2.13. The molecule has 144 valence electrons. The Labute approximate surface area is 163 Å². The van der Waals surface area contributed by atoms with Crippen molar-refractivity contribution in [3.05, 3.63) is 83.8 Å². The molecule has 0 saturated carbocycles. The summed E-state index contributed by atoms with van der Waals surface area (Å²) in [5.41, 5.74) is 1.96. The van der Waals surface area contributed by atoms with Gasteiger partial charge in [0.05, 0.1) is 6.26 Å². The van der Waals surface area contributed by atoms with Crippen molar-refractivity contribution in [3.63, 3.8) is 0 Å². The fourth-order valence-corrected chi connectivity index (χ4v) is 2.49. The second-order valence-corrected chi connectivity index (χ2v) is 6.23. The van der Waals surface area contributed by atoms with Gasteiger partial charge in [-0.2, -0.15) is 0 Å². The fourth-order valence-electron chi connectivity index (χ4n) is 2.49. The Morgan fingerprint density at radius 1 is 1.04 bits per heavy atom. The smallest absolute Gasteiger partial charge is 0.342 e. The summed E-state index contributed by atoms with van der Waals surface area (Å²) in [5.74, 6) is 0.117. The van der Waals surface area contributed by atoms with Crippen molar-refractivity contribution in [1.82, 2.24) is 0 Å². The topological polar surface area (TPSA) is 77.8 Å². The molecule has 0 aliphatic carbocycles. The number of anilines is 1. The Morgan fingerprint density at radius 3 is 2.39 bits per heavy atom. The summed E-state index contributed by atoms with van der Waals surface area (Å²) in [7, 11) is 0. The first kappa shape index (κ1) is 19.2. The standard InChI is InChI=1S/C22H21NO5/c1-15-20(12-13-26-15)22(25)28-16(2)21(24)23-18-8-10-19(11-9-18)27-14-17-6-4-3-5-7-17/h3-13,16H,14H2,1-2H3,(H,23,24)/t16-/m0/s1. The van der Waals surface area contributed by atoms with Gasteiger partial charge in [-0.15, -0.1) is 0 Å². The molecule has 28 heavy (non-hydrogen) atoms. The number of hydrogen-bond acceptors (Lipinski definition) is 5. The van der Waals surface area contributed by atoms with Gasteiger partial charge >= 0.3 is 5.97 Å². The number of nitrogens with one attached hydrogen (secondary N) is 1. The highest BCUT2D eigenvalue weighted by Crippen LogP contribution is 2.18. The van der Waals surface area contributed by atoms with E-state index in [-0.39, 0.29) is 0 Å². The van der Waals surface area contributed by atoms with Crippen LogP contribution in [0.5, 0.6) is 5.75 Å². The quantitative estimate of drug-likeness (QED) is 0.618. The second-order valence-electron chi connectivity index (χ2n) is 6.23. The van der Waals surface area contributed by atoms with Gasteiger partial charge in [0.1, 0.15) is 23.7 Å². The van der Waals surface area contributed by atoms with E-state index in [0.717, 1.165) is 5.56 Å². The SMILES string of the molecule is Cc1occc1C(=O)O[C@@H](C)C(=O)Nc1ccc(OCc2ccccc2)cc1. The molecule has 0 saturated heterocycles. The number of esters is 1. The van der Waals surface area contributed by atoms with Gasteiger partial charge in [0.2, 0.25) is 0 Å². The molecular weight excluding hydrogens is 358 g/mol. The monoisotopic (exact) mass is 379 g/mol. The van der Waals surface area contributed by atoms with Crippen molar-refractivity contribution in [2.75, 3.05) is 5.32 Å². The number of amides is 1. The van der Waals surface area contributed by atoms with Crippen LogP contribution in [0.15, 0.2) is 71.3 Å². The highest BCUT2D eigenvalue weighted by molar-refractivity contribution is 5.97. The van der Waals surface area contributed by atoms with Crippen LogP contribution in [0, 0.1) is 6.92 Å². The Hall–Kier alpha value is -3.54. The first-order valence-electron chi connectivity index (χ1n) is 8.85. The van der Waals surface area contributed by atoms with E-state index in [1.165, 1.54) is 19.3 Å². The van der Waals surface area contributed by atoms with Gasteiger partial charge < -0.3 is 19.2 Å². The zero-order chi connectivity index (χ0) is 19.9. The molecule has 1 N–H and O–H groups in total. The van der Waals surface area contributed by atoms with Crippen molar-refractivity contribution >= 4 is 17.6 Å². The summed E-state index contributed by atoms with van der Waals surface area (Å²) in [5, 5.41) is 2.71. The number of hydrogen-bond donors (Lipinski definition) is 1. The Balaban J connectivity index is 1.51. The third-order valence-corrected chi connectivity index (χ3v) is 4.10. The highest BCUT2D eigenvalue weighted by atomic mass is 16.5. The third kappa shape index (κ3) is 5.01. The first-order chi connectivity index (χ1) is 13.5. The average Bonchev–Trinajstić information content (AvgIpc) is 3.14. The summed E-state index contributed by atoms with van der Waals surface area (Å²) in [6.07, 6.45) is 0.453. The molecule has 6 nitrogen and oxygen atoms in total. The molecule has 0 radical (unpaired) electrons. The highest BCUT2D eigenvalue weighted by Gasteiger charge is 2.21. The Morgan fingerprint density at radius 2 is 1.75 bits per heavy atom. The zero-order valence-corrected chi connectivity index (χ0v) is 15.7. The number of carbonyl (C=O) groups is 2. The summed E-state index contributed by atoms with van der Waals surface area (Å²) in [6.45, 7) is 3.63. The average molecular weight is 379 g/mol. The van der Waals surface area contributed by atoms with Crippen LogP contribution in [0.1, 0.15) is 28.6 Å². The van der Waals surface area contributed by atoms with Crippen LogP contribution in [0.25, 0.3) is 0 Å². The second kappa shape index (κ2) is 8.90. The van der Waals surface area contributed by atoms with Crippen LogP contribution >= 0.6 is 0 Å². The minimum Gasteiger partial charge on any atom is -0.489 e. The number of rotatable bonds is 7. The molecule has 0 aliphatic rings. The maximum Gasteiger partial charge on any atom is 0.342 e. The lowest BCUT2D eigenvalue weighted by atomic mass is 10.2. The first-order valence-corrected chi connectivity index (χ1v) is 8.85. The summed E-state index contributed by atoms with van der Waals surface area (Å²) < 4.78 is 16.0. The van der Waals surface area contributed by atoms with E-state index in [9.17, 15) is 9.59 Å². The molecule has 1 amide bonds. The normalized spacial score (nSPS) is 11.5. The fraction of sp³-hybridized carbons (Fsp3) is 0.182. The van der Waals surface area contributed by atoms with E-state index in [2.05, 4.69) is 5.32 Å². The molecular formula is C22H21NO5. The minimum atomic E-state index is -0.948. The molecule has 6 heteroatoms. The maximum absolute atomic E-state index is 12.3. The predicted molar refractivity (Wildman–Crippen MR) is 104 cm³/mol. The molecule has 3 aromatic rings. The maximum atomic E-state index is 12.3.